The number of carbonyl (C=O) groups excluding carboxylic acids is 1. The van der Waals surface area contributed by atoms with E-state index in [0.29, 0.717) is 6.61 Å². The van der Waals surface area contributed by atoms with Crippen molar-refractivity contribution in [1.29, 1.82) is 0 Å². The minimum atomic E-state index is -0.0663. The molecule has 4 heteroatoms. The second-order valence-electron chi connectivity index (χ2n) is 6.55. The first kappa shape index (κ1) is 18.5. The second kappa shape index (κ2) is 8.90. The van der Waals surface area contributed by atoms with Crippen LogP contribution >= 0.6 is 0 Å². The Labute approximate surface area is 160 Å². The van der Waals surface area contributed by atoms with Gasteiger partial charge in [0.1, 0.15) is 12.4 Å². The van der Waals surface area contributed by atoms with Gasteiger partial charge < -0.3 is 15.0 Å². The lowest BCUT2D eigenvalue weighted by Gasteiger charge is -2.14. The van der Waals surface area contributed by atoms with E-state index >= 15 is 0 Å². The minimum absolute atomic E-state index is 0.0663. The molecule has 3 aromatic rings. The van der Waals surface area contributed by atoms with Crippen molar-refractivity contribution in [3.05, 3.63) is 90.0 Å². The molecule has 4 nitrogen and oxygen atoms in total. The van der Waals surface area contributed by atoms with Crippen LogP contribution in [0, 0.1) is 0 Å². The fourth-order valence-corrected chi connectivity index (χ4v) is 2.75. The Morgan fingerprint density at radius 3 is 2.26 bits per heavy atom. The molecule has 1 N–H and O–H groups in total. The number of para-hydroxylation sites is 1. The molecule has 1 amide bonds. The zero-order valence-corrected chi connectivity index (χ0v) is 15.7. The van der Waals surface area contributed by atoms with Crippen LogP contribution in [-0.4, -0.2) is 20.0 Å². The summed E-state index contributed by atoms with van der Waals surface area (Å²) in [6.07, 6.45) is 0.264. The summed E-state index contributed by atoms with van der Waals surface area (Å²) < 4.78 is 5.93. The van der Waals surface area contributed by atoms with E-state index in [0.717, 1.165) is 28.3 Å². The maximum absolute atomic E-state index is 12.5. The first-order valence-electron chi connectivity index (χ1n) is 8.94. The Hall–Kier alpha value is -3.27. The highest BCUT2D eigenvalue weighted by Crippen LogP contribution is 2.21. The number of amides is 1. The van der Waals surface area contributed by atoms with Crippen LogP contribution in [-0.2, 0) is 17.8 Å². The highest BCUT2D eigenvalue weighted by molar-refractivity contribution is 5.92. The summed E-state index contributed by atoms with van der Waals surface area (Å²) in [7, 11) is 3.97. The van der Waals surface area contributed by atoms with Gasteiger partial charge in [-0.25, -0.2) is 0 Å². The van der Waals surface area contributed by atoms with Crippen molar-refractivity contribution in [3.63, 3.8) is 0 Å². The largest absolute Gasteiger partial charge is 0.489 e. The lowest BCUT2D eigenvalue weighted by molar-refractivity contribution is -0.115. The van der Waals surface area contributed by atoms with Crippen LogP contribution in [0.15, 0.2) is 78.9 Å². The molecule has 0 saturated heterocycles. The van der Waals surface area contributed by atoms with Crippen molar-refractivity contribution in [2.75, 3.05) is 24.3 Å². The van der Waals surface area contributed by atoms with Gasteiger partial charge in [-0.15, -0.1) is 0 Å². The summed E-state index contributed by atoms with van der Waals surface area (Å²) in [4.78, 5) is 14.5. The van der Waals surface area contributed by atoms with Crippen molar-refractivity contribution in [2.24, 2.45) is 0 Å². The third-order valence-electron chi connectivity index (χ3n) is 4.23. The normalized spacial score (nSPS) is 10.3. The SMILES string of the molecule is CN(C)c1ccc(NC(=O)Cc2ccccc2OCc2ccccc2)cc1. The van der Waals surface area contributed by atoms with Crippen molar-refractivity contribution >= 4 is 17.3 Å². The fraction of sp³-hybridized carbons (Fsp3) is 0.174. The van der Waals surface area contributed by atoms with E-state index in [1.807, 2.05) is 97.9 Å². The average Bonchev–Trinajstić information content (AvgIpc) is 2.68. The molecule has 0 aliphatic heterocycles. The lowest BCUT2D eigenvalue weighted by atomic mass is 10.1. The number of ether oxygens (including phenoxy) is 1. The van der Waals surface area contributed by atoms with E-state index in [-0.39, 0.29) is 12.3 Å². The molecule has 0 spiro atoms. The van der Waals surface area contributed by atoms with E-state index in [4.69, 9.17) is 4.74 Å². The predicted octanol–water partition coefficient (Wildman–Crippen LogP) is 4.51. The fourth-order valence-electron chi connectivity index (χ4n) is 2.75. The number of anilines is 2. The molecule has 0 unspecified atom stereocenters. The zero-order valence-electron chi connectivity index (χ0n) is 15.7. The Balaban J connectivity index is 1.62. The van der Waals surface area contributed by atoms with Crippen molar-refractivity contribution in [2.45, 2.75) is 13.0 Å². The summed E-state index contributed by atoms with van der Waals surface area (Å²) in [6.45, 7) is 0.478. The van der Waals surface area contributed by atoms with E-state index in [1.54, 1.807) is 0 Å². The molecule has 0 saturated carbocycles. The number of hydrogen-bond acceptors (Lipinski definition) is 3. The van der Waals surface area contributed by atoms with Gasteiger partial charge >= 0.3 is 0 Å². The Morgan fingerprint density at radius 2 is 1.56 bits per heavy atom. The molecule has 0 radical (unpaired) electrons. The maximum atomic E-state index is 12.5. The molecule has 3 rings (SSSR count). The average molecular weight is 360 g/mol. The Morgan fingerprint density at radius 1 is 0.889 bits per heavy atom. The molecule has 27 heavy (non-hydrogen) atoms. The van der Waals surface area contributed by atoms with Crippen LogP contribution in [0.4, 0.5) is 11.4 Å². The second-order valence-corrected chi connectivity index (χ2v) is 6.55. The van der Waals surface area contributed by atoms with E-state index in [9.17, 15) is 4.79 Å². The van der Waals surface area contributed by atoms with E-state index in [2.05, 4.69) is 5.32 Å². The molecule has 0 heterocycles. The highest BCUT2D eigenvalue weighted by atomic mass is 16.5. The molecule has 0 aromatic heterocycles. The van der Waals surface area contributed by atoms with Crippen LogP contribution in [0.1, 0.15) is 11.1 Å². The van der Waals surface area contributed by atoms with Gasteiger partial charge in [0.25, 0.3) is 0 Å². The van der Waals surface area contributed by atoms with Gasteiger partial charge in [-0.2, -0.15) is 0 Å². The maximum Gasteiger partial charge on any atom is 0.228 e. The number of nitrogens with zero attached hydrogens (tertiary/aromatic N) is 1. The molecule has 0 fully saturated rings. The Bertz CT molecular complexity index is 874. The van der Waals surface area contributed by atoms with Gasteiger partial charge in [-0.1, -0.05) is 48.5 Å². The van der Waals surface area contributed by atoms with Crippen LogP contribution in [0.25, 0.3) is 0 Å². The van der Waals surface area contributed by atoms with Gasteiger partial charge in [-0.3, -0.25) is 4.79 Å². The summed E-state index contributed by atoms with van der Waals surface area (Å²) in [5.41, 5.74) is 3.84. The summed E-state index contributed by atoms with van der Waals surface area (Å²) in [6, 6.07) is 25.4. The zero-order chi connectivity index (χ0) is 19.1. The third kappa shape index (κ3) is 5.35. The molecule has 0 bridgehead atoms. The number of rotatable bonds is 7. The van der Waals surface area contributed by atoms with Crippen LogP contribution in [0.3, 0.4) is 0 Å². The smallest absolute Gasteiger partial charge is 0.228 e. The topological polar surface area (TPSA) is 41.6 Å². The monoisotopic (exact) mass is 360 g/mol. The highest BCUT2D eigenvalue weighted by Gasteiger charge is 2.10. The van der Waals surface area contributed by atoms with Crippen molar-refractivity contribution in [1.82, 2.24) is 0 Å². The lowest BCUT2D eigenvalue weighted by Crippen LogP contribution is -2.15. The quantitative estimate of drug-likeness (QED) is 0.674. The van der Waals surface area contributed by atoms with Gasteiger partial charge in [0.15, 0.2) is 0 Å². The van der Waals surface area contributed by atoms with Gasteiger partial charge in [-0.05, 0) is 35.9 Å². The summed E-state index contributed by atoms with van der Waals surface area (Å²) in [5.74, 6) is 0.669. The molecular formula is C23H24N2O2. The summed E-state index contributed by atoms with van der Waals surface area (Å²) >= 11 is 0. The number of hydrogen-bond donors (Lipinski definition) is 1. The minimum Gasteiger partial charge on any atom is -0.489 e. The van der Waals surface area contributed by atoms with Gasteiger partial charge in [0.05, 0.1) is 6.42 Å². The molecule has 0 atom stereocenters. The van der Waals surface area contributed by atoms with Gasteiger partial charge in [0, 0.05) is 31.0 Å². The van der Waals surface area contributed by atoms with E-state index < -0.39 is 0 Å². The number of nitrogens with one attached hydrogen (secondary N) is 1. The predicted molar refractivity (Wildman–Crippen MR) is 110 cm³/mol. The first-order chi connectivity index (χ1) is 13.1. The third-order valence-corrected chi connectivity index (χ3v) is 4.23. The molecular weight excluding hydrogens is 336 g/mol. The van der Waals surface area contributed by atoms with Crippen molar-refractivity contribution in [3.8, 4) is 5.75 Å². The van der Waals surface area contributed by atoms with Crippen LogP contribution in [0.5, 0.6) is 5.75 Å². The number of carbonyl (C=O) groups is 1. The molecule has 3 aromatic carbocycles. The standard InChI is InChI=1S/C23H24N2O2/c1-25(2)21-14-12-20(13-15-21)24-23(26)16-19-10-6-7-11-22(19)27-17-18-8-4-3-5-9-18/h3-15H,16-17H2,1-2H3,(H,24,26). The first-order valence-corrected chi connectivity index (χ1v) is 8.94. The van der Waals surface area contributed by atoms with Crippen LogP contribution < -0.4 is 15.0 Å². The van der Waals surface area contributed by atoms with Gasteiger partial charge in [0.2, 0.25) is 5.91 Å². The number of benzene rings is 3. The summed E-state index contributed by atoms with van der Waals surface area (Å²) in [5, 5.41) is 2.94. The van der Waals surface area contributed by atoms with E-state index in [1.165, 1.54) is 0 Å². The Kier molecular flexibility index (Phi) is 6.10. The molecule has 0 aliphatic rings. The molecule has 138 valence electrons. The van der Waals surface area contributed by atoms with Crippen molar-refractivity contribution < 1.29 is 9.53 Å². The molecule has 0 aliphatic carbocycles. The van der Waals surface area contributed by atoms with Crippen LogP contribution in [0.2, 0.25) is 0 Å².